The summed E-state index contributed by atoms with van der Waals surface area (Å²) in [6.45, 7) is 12.4. The molecule has 6 rings (SSSR count). The number of morpholine rings is 1. The Morgan fingerprint density at radius 3 is 2.55 bits per heavy atom. The van der Waals surface area contributed by atoms with Crippen molar-refractivity contribution in [1.29, 1.82) is 0 Å². The molecule has 14 heteroatoms. The van der Waals surface area contributed by atoms with Gasteiger partial charge in [-0.05, 0) is 37.6 Å². The zero-order chi connectivity index (χ0) is 29.1. The fourth-order valence-electron chi connectivity index (χ4n) is 5.37. The van der Waals surface area contributed by atoms with E-state index in [0.29, 0.717) is 51.0 Å². The zero-order valence-electron chi connectivity index (χ0n) is 24.0. The Morgan fingerprint density at radius 1 is 1.05 bits per heavy atom. The summed E-state index contributed by atoms with van der Waals surface area (Å²) in [6.07, 6.45) is 3.49. The molecule has 2 fully saturated rings. The van der Waals surface area contributed by atoms with Gasteiger partial charge in [-0.2, -0.15) is 4.98 Å². The highest BCUT2D eigenvalue weighted by atomic mass is 32.2. The van der Waals surface area contributed by atoms with Gasteiger partial charge in [-0.1, -0.05) is 13.0 Å². The predicted molar refractivity (Wildman–Crippen MR) is 165 cm³/mol. The van der Waals surface area contributed by atoms with E-state index in [2.05, 4.69) is 43.0 Å². The molecule has 0 saturated carbocycles. The summed E-state index contributed by atoms with van der Waals surface area (Å²) in [5.41, 5.74) is 11.0. The highest BCUT2D eigenvalue weighted by Crippen LogP contribution is 2.38. The van der Waals surface area contributed by atoms with Gasteiger partial charge in [-0.3, -0.25) is 9.62 Å². The van der Waals surface area contributed by atoms with Crippen molar-refractivity contribution in [2.45, 2.75) is 20.3 Å². The Bertz CT molecular complexity index is 1410. The molecule has 3 aliphatic heterocycles. The van der Waals surface area contributed by atoms with Crippen LogP contribution in [-0.2, 0) is 15.3 Å². The third-order valence-electron chi connectivity index (χ3n) is 7.86. The first kappa shape index (κ1) is 28.2. The van der Waals surface area contributed by atoms with Gasteiger partial charge in [0.1, 0.15) is 0 Å². The lowest BCUT2D eigenvalue weighted by atomic mass is 10.1. The number of amides is 1. The van der Waals surface area contributed by atoms with Crippen molar-refractivity contribution in [3.05, 3.63) is 41.7 Å². The van der Waals surface area contributed by atoms with E-state index >= 15 is 0 Å². The summed E-state index contributed by atoms with van der Waals surface area (Å²) < 4.78 is 13.0. The molecule has 42 heavy (non-hydrogen) atoms. The molecule has 2 saturated heterocycles. The lowest BCUT2D eigenvalue weighted by Gasteiger charge is -2.35. The molecule has 1 aromatic carbocycles. The second-order valence-electron chi connectivity index (χ2n) is 10.4. The van der Waals surface area contributed by atoms with Crippen LogP contribution in [0, 0.1) is 6.92 Å². The van der Waals surface area contributed by atoms with Crippen molar-refractivity contribution in [2.75, 3.05) is 90.7 Å². The third kappa shape index (κ3) is 6.15. The minimum Gasteiger partial charge on any atom is -0.378 e. The standard InChI is InChI=1S/C28H36N10O3S/c1-3-35-8-10-36(11-9-35)21-5-4-19(2)23(16-21)32-28(39)41-42-38-7-6-22-24(20-17-30-26(29)31-18-20)33-27(34-25(22)38)37-12-14-40-15-13-37/h4-5,16-18H,3,6-15H2,1-2H3,(H,32,39)(H2,29,30,31). The number of likely N-dealkylation sites (N-methyl/N-ethyl adjacent to an activating group) is 1. The van der Waals surface area contributed by atoms with Crippen molar-refractivity contribution in [3.8, 4) is 11.3 Å². The van der Waals surface area contributed by atoms with Gasteiger partial charge in [0.05, 0.1) is 18.9 Å². The summed E-state index contributed by atoms with van der Waals surface area (Å²) in [5, 5.41) is 2.93. The van der Waals surface area contributed by atoms with Gasteiger partial charge in [0.2, 0.25) is 11.9 Å². The minimum atomic E-state index is -0.542. The number of aryl methyl sites for hydroxylation is 1. The van der Waals surface area contributed by atoms with Crippen LogP contribution in [0.5, 0.6) is 0 Å². The van der Waals surface area contributed by atoms with Crippen molar-refractivity contribution >= 4 is 47.4 Å². The molecule has 222 valence electrons. The smallest absolute Gasteiger partial charge is 0.378 e. The second-order valence-corrected chi connectivity index (χ2v) is 11.2. The summed E-state index contributed by atoms with van der Waals surface area (Å²) >= 11 is 0.977. The van der Waals surface area contributed by atoms with E-state index < -0.39 is 6.09 Å². The normalized spacial score (nSPS) is 17.3. The van der Waals surface area contributed by atoms with Crippen molar-refractivity contribution in [1.82, 2.24) is 24.8 Å². The Balaban J connectivity index is 1.16. The molecule has 3 N–H and O–H groups in total. The van der Waals surface area contributed by atoms with E-state index in [4.69, 9.17) is 24.6 Å². The number of hydrogen-bond donors (Lipinski definition) is 2. The van der Waals surface area contributed by atoms with Crippen molar-refractivity contribution < 1.29 is 13.7 Å². The number of anilines is 5. The molecule has 0 unspecified atom stereocenters. The molecule has 0 atom stereocenters. The van der Waals surface area contributed by atoms with Gasteiger partial charge in [0, 0.05) is 80.7 Å². The molecular weight excluding hydrogens is 556 g/mol. The van der Waals surface area contributed by atoms with Crippen LogP contribution in [0.2, 0.25) is 0 Å². The van der Waals surface area contributed by atoms with E-state index in [1.807, 2.05) is 23.4 Å². The minimum absolute atomic E-state index is 0.203. The maximum absolute atomic E-state index is 13.0. The molecule has 3 aromatic rings. The van der Waals surface area contributed by atoms with Crippen molar-refractivity contribution in [2.24, 2.45) is 0 Å². The average molecular weight is 593 g/mol. The van der Waals surface area contributed by atoms with Crippen LogP contribution >= 0.6 is 12.2 Å². The summed E-state index contributed by atoms with van der Waals surface area (Å²) in [7, 11) is 0. The molecule has 1 amide bonds. The number of nitrogens with two attached hydrogens (primary N) is 1. The highest BCUT2D eigenvalue weighted by molar-refractivity contribution is 7.96. The molecule has 13 nitrogen and oxygen atoms in total. The third-order valence-corrected chi connectivity index (χ3v) is 8.62. The molecule has 0 aliphatic carbocycles. The van der Waals surface area contributed by atoms with E-state index in [1.54, 1.807) is 12.4 Å². The number of rotatable bonds is 7. The maximum atomic E-state index is 13.0. The van der Waals surface area contributed by atoms with Gasteiger partial charge in [0.15, 0.2) is 18.0 Å². The number of nitrogens with one attached hydrogen (secondary N) is 1. The number of carbonyl (C=O) groups excluding carboxylic acids is 1. The van der Waals surface area contributed by atoms with Crippen LogP contribution in [0.15, 0.2) is 30.6 Å². The number of carbonyl (C=O) groups is 1. The zero-order valence-corrected chi connectivity index (χ0v) is 24.8. The SMILES string of the molecule is CCN1CCN(c2ccc(C)c(NC(=O)OSN3CCc4c(-c5cnc(N)nc5)nc(N5CCOCC5)nc43)c2)CC1. The number of ether oxygens (including phenoxy) is 1. The van der Waals surface area contributed by atoms with Gasteiger partial charge >= 0.3 is 6.09 Å². The van der Waals surface area contributed by atoms with Crippen molar-refractivity contribution in [3.63, 3.8) is 0 Å². The monoisotopic (exact) mass is 592 g/mol. The van der Waals surface area contributed by atoms with Gasteiger partial charge in [0.25, 0.3) is 0 Å². The first-order valence-corrected chi connectivity index (χ1v) is 15.0. The number of fused-ring (bicyclic) bond motifs is 1. The largest absolute Gasteiger partial charge is 0.425 e. The Hall–Kier alpha value is -3.88. The molecule has 5 heterocycles. The Kier molecular flexibility index (Phi) is 8.44. The number of nitrogens with zero attached hydrogens (tertiary/aromatic N) is 8. The summed E-state index contributed by atoms with van der Waals surface area (Å²) in [6, 6.07) is 6.17. The second kappa shape index (κ2) is 12.5. The maximum Gasteiger partial charge on any atom is 0.425 e. The average Bonchev–Trinajstić information content (AvgIpc) is 3.44. The van der Waals surface area contributed by atoms with Crippen LogP contribution in [0.3, 0.4) is 0 Å². The van der Waals surface area contributed by atoms with Crippen LogP contribution in [-0.4, -0.2) is 96.5 Å². The van der Waals surface area contributed by atoms with E-state index in [9.17, 15) is 4.79 Å². The Labute approximate surface area is 249 Å². The fraction of sp³-hybridized carbons (Fsp3) is 0.464. The molecule has 0 spiro atoms. The van der Waals surface area contributed by atoms with Crippen LogP contribution in [0.25, 0.3) is 11.3 Å². The first-order chi connectivity index (χ1) is 20.5. The van der Waals surface area contributed by atoms with Crippen LogP contribution in [0.4, 0.5) is 33.9 Å². The molecule has 3 aliphatic rings. The molecular formula is C28H36N10O3S. The number of piperazine rings is 1. The quantitative estimate of drug-likeness (QED) is 0.307. The van der Waals surface area contributed by atoms with E-state index in [1.165, 1.54) is 0 Å². The topological polar surface area (TPSA) is 138 Å². The number of nitrogen functional groups attached to an aromatic ring is 1. The van der Waals surface area contributed by atoms with E-state index in [-0.39, 0.29) is 5.95 Å². The fourth-order valence-corrected chi connectivity index (χ4v) is 5.95. The molecule has 0 radical (unpaired) electrons. The summed E-state index contributed by atoms with van der Waals surface area (Å²) in [5.74, 6) is 1.50. The number of aromatic nitrogens is 4. The highest BCUT2D eigenvalue weighted by Gasteiger charge is 2.30. The number of benzene rings is 1. The van der Waals surface area contributed by atoms with Crippen LogP contribution in [0.1, 0.15) is 18.1 Å². The Morgan fingerprint density at radius 2 is 1.81 bits per heavy atom. The van der Waals surface area contributed by atoms with Crippen LogP contribution < -0.4 is 25.2 Å². The number of hydrogen-bond acceptors (Lipinski definition) is 13. The molecule has 2 aromatic heterocycles. The van der Waals surface area contributed by atoms with Gasteiger partial charge in [-0.15, -0.1) is 0 Å². The first-order valence-electron chi connectivity index (χ1n) is 14.3. The van der Waals surface area contributed by atoms with Gasteiger partial charge in [-0.25, -0.2) is 19.7 Å². The van der Waals surface area contributed by atoms with E-state index in [0.717, 1.165) is 78.7 Å². The lowest BCUT2D eigenvalue weighted by molar-refractivity contribution is 0.122. The molecule has 0 bridgehead atoms. The lowest BCUT2D eigenvalue weighted by Crippen LogP contribution is -2.46. The predicted octanol–water partition coefficient (Wildman–Crippen LogP) is 2.98. The summed E-state index contributed by atoms with van der Waals surface area (Å²) in [4.78, 5) is 38.0. The van der Waals surface area contributed by atoms with Gasteiger partial charge < -0.3 is 29.4 Å².